The monoisotopic (exact) mass is 223 g/mol. The van der Waals surface area contributed by atoms with Gasteiger partial charge in [0.2, 0.25) is 5.91 Å². The minimum absolute atomic E-state index is 0.139. The Morgan fingerprint density at radius 2 is 2.31 bits per heavy atom. The first-order valence-electron chi connectivity index (χ1n) is 5.30. The van der Waals surface area contributed by atoms with E-state index >= 15 is 0 Å². The van der Waals surface area contributed by atoms with Gasteiger partial charge < -0.3 is 15.2 Å². The molecule has 0 aliphatic heterocycles. The summed E-state index contributed by atoms with van der Waals surface area (Å²) in [5, 5.41) is 11.3. The average Bonchev–Trinajstić information content (AvgIpc) is 2.29. The Bertz CT molecular complexity index is 352. The Morgan fingerprint density at radius 1 is 1.56 bits per heavy atom. The van der Waals surface area contributed by atoms with Crippen LogP contribution in [0.2, 0.25) is 0 Å². The maximum atomic E-state index is 11.0. The van der Waals surface area contributed by atoms with Crippen LogP contribution in [0, 0.1) is 0 Å². The highest BCUT2D eigenvalue weighted by molar-refractivity contribution is 5.77. The van der Waals surface area contributed by atoms with Gasteiger partial charge in [0.15, 0.2) is 0 Å². The fourth-order valence-corrected chi connectivity index (χ4v) is 1.41. The number of rotatable bonds is 5. The highest BCUT2D eigenvalue weighted by atomic mass is 16.5. The first kappa shape index (κ1) is 12.5. The molecular weight excluding hydrogens is 206 g/mol. The van der Waals surface area contributed by atoms with Crippen molar-refractivity contribution >= 4 is 5.91 Å². The number of benzene rings is 1. The second-order valence-electron chi connectivity index (χ2n) is 3.45. The summed E-state index contributed by atoms with van der Waals surface area (Å²) in [4.78, 5) is 11.0. The minimum atomic E-state index is -0.491. The highest BCUT2D eigenvalue weighted by Gasteiger charge is 2.08. The van der Waals surface area contributed by atoms with Gasteiger partial charge in [0, 0.05) is 0 Å². The lowest BCUT2D eigenvalue weighted by atomic mass is 10.1. The normalized spacial score (nSPS) is 11.9. The molecule has 2 N–H and O–H groups in total. The van der Waals surface area contributed by atoms with E-state index in [4.69, 9.17) is 9.84 Å². The fraction of sp³-hybridized carbons (Fsp3) is 0.417. The van der Waals surface area contributed by atoms with Crippen LogP contribution in [0.4, 0.5) is 0 Å². The number of aliphatic hydroxyl groups is 1. The van der Waals surface area contributed by atoms with Crippen LogP contribution in [0.3, 0.4) is 0 Å². The zero-order chi connectivity index (χ0) is 12.0. The molecule has 0 radical (unpaired) electrons. The van der Waals surface area contributed by atoms with Crippen molar-refractivity contribution in [3.8, 4) is 5.75 Å². The molecule has 1 aromatic rings. The van der Waals surface area contributed by atoms with Crippen molar-refractivity contribution < 1.29 is 14.6 Å². The molecule has 0 aliphatic rings. The molecule has 0 saturated carbocycles. The molecule has 0 heterocycles. The third-order valence-corrected chi connectivity index (χ3v) is 2.19. The fourth-order valence-electron chi connectivity index (χ4n) is 1.41. The number of amides is 1. The maximum absolute atomic E-state index is 11.0. The smallest absolute Gasteiger partial charge is 0.246 e. The molecule has 4 heteroatoms. The predicted molar refractivity (Wildman–Crippen MR) is 61.3 cm³/mol. The standard InChI is InChI=1S/C12H17NO3/c1-3-16-11-6-4-5-10(7-11)9(2)13-12(15)8-14/h4-7,9,14H,3,8H2,1-2H3,(H,13,15). The zero-order valence-corrected chi connectivity index (χ0v) is 9.56. The van der Waals surface area contributed by atoms with Gasteiger partial charge in [-0.15, -0.1) is 0 Å². The van der Waals surface area contributed by atoms with Crippen molar-refractivity contribution in [1.29, 1.82) is 0 Å². The van der Waals surface area contributed by atoms with E-state index in [1.807, 2.05) is 38.1 Å². The summed E-state index contributed by atoms with van der Waals surface area (Å²) in [6.07, 6.45) is 0. The van der Waals surface area contributed by atoms with Crippen LogP contribution in [0.1, 0.15) is 25.5 Å². The van der Waals surface area contributed by atoms with E-state index in [1.165, 1.54) is 0 Å². The van der Waals surface area contributed by atoms with Crippen molar-refractivity contribution in [2.24, 2.45) is 0 Å². The van der Waals surface area contributed by atoms with E-state index in [-0.39, 0.29) is 11.9 Å². The minimum Gasteiger partial charge on any atom is -0.494 e. The van der Waals surface area contributed by atoms with Gasteiger partial charge in [-0.3, -0.25) is 4.79 Å². The van der Waals surface area contributed by atoms with Crippen molar-refractivity contribution in [2.75, 3.05) is 13.2 Å². The zero-order valence-electron chi connectivity index (χ0n) is 9.56. The molecule has 0 bridgehead atoms. The topological polar surface area (TPSA) is 58.6 Å². The van der Waals surface area contributed by atoms with Crippen LogP contribution >= 0.6 is 0 Å². The number of ether oxygens (including phenoxy) is 1. The number of hydrogen-bond donors (Lipinski definition) is 2. The van der Waals surface area contributed by atoms with Gasteiger partial charge in [-0.2, -0.15) is 0 Å². The summed E-state index contributed by atoms with van der Waals surface area (Å²) in [6.45, 7) is 3.90. The SMILES string of the molecule is CCOc1cccc(C(C)NC(=O)CO)c1. The van der Waals surface area contributed by atoms with Crippen molar-refractivity contribution in [1.82, 2.24) is 5.32 Å². The summed E-state index contributed by atoms with van der Waals surface area (Å²) < 4.78 is 5.37. The lowest BCUT2D eigenvalue weighted by Crippen LogP contribution is -2.28. The number of hydrogen-bond acceptors (Lipinski definition) is 3. The average molecular weight is 223 g/mol. The van der Waals surface area contributed by atoms with Gasteiger partial charge in [0.25, 0.3) is 0 Å². The Balaban J connectivity index is 2.71. The van der Waals surface area contributed by atoms with Gasteiger partial charge in [-0.25, -0.2) is 0 Å². The number of nitrogens with one attached hydrogen (secondary N) is 1. The van der Waals surface area contributed by atoms with Gasteiger partial charge in [0.1, 0.15) is 12.4 Å². The van der Waals surface area contributed by atoms with Gasteiger partial charge in [0.05, 0.1) is 12.6 Å². The Labute approximate surface area is 95.2 Å². The second-order valence-corrected chi connectivity index (χ2v) is 3.45. The van der Waals surface area contributed by atoms with E-state index in [2.05, 4.69) is 5.32 Å². The molecule has 0 aromatic heterocycles. The summed E-state index contributed by atoms with van der Waals surface area (Å²) >= 11 is 0. The summed E-state index contributed by atoms with van der Waals surface area (Å²) in [5.41, 5.74) is 0.952. The molecule has 1 rings (SSSR count). The number of aliphatic hydroxyl groups excluding tert-OH is 1. The molecule has 4 nitrogen and oxygen atoms in total. The van der Waals surface area contributed by atoms with E-state index in [9.17, 15) is 4.79 Å². The first-order valence-corrected chi connectivity index (χ1v) is 5.30. The predicted octanol–water partition coefficient (Wildman–Crippen LogP) is 1.25. The van der Waals surface area contributed by atoms with Crippen LogP contribution in [0.5, 0.6) is 5.75 Å². The van der Waals surface area contributed by atoms with Crippen molar-refractivity contribution in [3.05, 3.63) is 29.8 Å². The number of carbonyl (C=O) groups is 1. The van der Waals surface area contributed by atoms with Gasteiger partial charge >= 0.3 is 0 Å². The molecule has 16 heavy (non-hydrogen) atoms. The lowest BCUT2D eigenvalue weighted by Gasteiger charge is -2.14. The van der Waals surface area contributed by atoms with Crippen molar-refractivity contribution in [2.45, 2.75) is 19.9 Å². The molecule has 1 atom stereocenters. The van der Waals surface area contributed by atoms with Gasteiger partial charge in [-0.1, -0.05) is 12.1 Å². The Kier molecular flexibility index (Phi) is 4.79. The molecule has 0 aliphatic carbocycles. The molecule has 0 spiro atoms. The van der Waals surface area contributed by atoms with Crippen LogP contribution in [-0.4, -0.2) is 24.2 Å². The van der Waals surface area contributed by atoms with E-state index in [1.54, 1.807) is 0 Å². The summed E-state index contributed by atoms with van der Waals surface area (Å²) in [5.74, 6) is 0.402. The molecule has 88 valence electrons. The van der Waals surface area contributed by atoms with E-state index < -0.39 is 6.61 Å². The van der Waals surface area contributed by atoms with E-state index in [0.717, 1.165) is 11.3 Å². The number of carbonyl (C=O) groups excluding carboxylic acids is 1. The first-order chi connectivity index (χ1) is 7.67. The quantitative estimate of drug-likeness (QED) is 0.790. The van der Waals surface area contributed by atoms with E-state index in [0.29, 0.717) is 6.61 Å². The largest absolute Gasteiger partial charge is 0.494 e. The lowest BCUT2D eigenvalue weighted by molar-refractivity contribution is -0.124. The third kappa shape index (κ3) is 3.55. The highest BCUT2D eigenvalue weighted by Crippen LogP contribution is 2.18. The van der Waals surface area contributed by atoms with Crippen molar-refractivity contribution in [3.63, 3.8) is 0 Å². The molecular formula is C12H17NO3. The maximum Gasteiger partial charge on any atom is 0.246 e. The van der Waals surface area contributed by atoms with Gasteiger partial charge in [-0.05, 0) is 31.5 Å². The summed E-state index contributed by atoms with van der Waals surface area (Å²) in [6, 6.07) is 7.40. The third-order valence-electron chi connectivity index (χ3n) is 2.19. The van der Waals surface area contributed by atoms with Crippen LogP contribution in [0.25, 0.3) is 0 Å². The summed E-state index contributed by atoms with van der Waals surface area (Å²) in [7, 11) is 0. The van der Waals surface area contributed by atoms with Crippen LogP contribution in [-0.2, 0) is 4.79 Å². The molecule has 0 fully saturated rings. The molecule has 1 unspecified atom stereocenters. The molecule has 0 saturated heterocycles. The second kappa shape index (κ2) is 6.12. The Hall–Kier alpha value is -1.55. The molecule has 1 aromatic carbocycles. The van der Waals surface area contributed by atoms with Crippen LogP contribution in [0.15, 0.2) is 24.3 Å². The Morgan fingerprint density at radius 3 is 2.94 bits per heavy atom. The molecule has 1 amide bonds. The van der Waals surface area contributed by atoms with Crippen LogP contribution < -0.4 is 10.1 Å².